The summed E-state index contributed by atoms with van der Waals surface area (Å²) in [5.74, 6) is 2.64. The van der Waals surface area contributed by atoms with Crippen LogP contribution in [0.15, 0.2) is 4.99 Å². The van der Waals surface area contributed by atoms with Gasteiger partial charge >= 0.3 is 0 Å². The van der Waals surface area contributed by atoms with Gasteiger partial charge < -0.3 is 10.6 Å². The van der Waals surface area contributed by atoms with Crippen molar-refractivity contribution in [2.75, 3.05) is 19.6 Å². The molecule has 0 aromatic carbocycles. The Hall–Kier alpha value is -0.730. The lowest BCUT2D eigenvalue weighted by atomic mass is 10.2. The summed E-state index contributed by atoms with van der Waals surface area (Å²) in [6.45, 7) is 9.39. The lowest BCUT2D eigenvalue weighted by Crippen LogP contribution is -2.38. The van der Waals surface area contributed by atoms with Crippen LogP contribution in [0.25, 0.3) is 0 Å². The third-order valence-corrected chi connectivity index (χ3v) is 2.74. The van der Waals surface area contributed by atoms with E-state index in [1.165, 1.54) is 25.7 Å². The highest BCUT2D eigenvalue weighted by Crippen LogP contribution is 2.33. The van der Waals surface area contributed by atoms with Crippen LogP contribution in [-0.4, -0.2) is 25.6 Å². The zero-order valence-electron chi connectivity index (χ0n) is 11.1. The van der Waals surface area contributed by atoms with Crippen LogP contribution in [0.3, 0.4) is 0 Å². The van der Waals surface area contributed by atoms with Crippen molar-refractivity contribution in [2.45, 2.75) is 46.5 Å². The molecule has 3 heteroatoms. The van der Waals surface area contributed by atoms with Gasteiger partial charge in [-0.15, -0.1) is 0 Å². The maximum absolute atomic E-state index is 4.54. The summed E-state index contributed by atoms with van der Waals surface area (Å²) in [7, 11) is 0. The summed E-state index contributed by atoms with van der Waals surface area (Å²) in [4.78, 5) is 4.54. The van der Waals surface area contributed by atoms with Crippen LogP contribution in [0.5, 0.6) is 0 Å². The normalized spacial score (nSPS) is 16.6. The topological polar surface area (TPSA) is 36.4 Å². The Kier molecular flexibility index (Phi) is 6.27. The van der Waals surface area contributed by atoms with Crippen LogP contribution < -0.4 is 10.6 Å². The van der Waals surface area contributed by atoms with Crippen LogP contribution in [-0.2, 0) is 0 Å². The highest BCUT2D eigenvalue weighted by atomic mass is 15.2. The first-order chi connectivity index (χ1) is 7.72. The van der Waals surface area contributed by atoms with Gasteiger partial charge in [-0.05, 0) is 31.6 Å². The highest BCUT2D eigenvalue weighted by molar-refractivity contribution is 5.79. The molecule has 1 rings (SSSR count). The smallest absolute Gasteiger partial charge is 0.191 e. The second kappa shape index (κ2) is 7.53. The molecule has 0 aliphatic heterocycles. The van der Waals surface area contributed by atoms with Gasteiger partial charge in [-0.25, -0.2) is 0 Å². The minimum atomic E-state index is 0.627. The van der Waals surface area contributed by atoms with Gasteiger partial charge in [0.25, 0.3) is 0 Å². The molecule has 2 N–H and O–H groups in total. The molecule has 1 aliphatic carbocycles. The molecule has 0 amide bonds. The standard InChI is InChI=1S/C13H27N3/c1-4-14-13(16-10-11(2)3)15-9-5-6-12-7-8-12/h11-12H,4-10H2,1-3H3,(H2,14,15,16). The molecule has 1 aliphatic rings. The highest BCUT2D eigenvalue weighted by Gasteiger charge is 2.19. The van der Waals surface area contributed by atoms with Crippen molar-refractivity contribution in [1.82, 2.24) is 10.6 Å². The average Bonchev–Trinajstić information content (AvgIpc) is 3.04. The van der Waals surface area contributed by atoms with E-state index < -0.39 is 0 Å². The lowest BCUT2D eigenvalue weighted by Gasteiger charge is -2.11. The van der Waals surface area contributed by atoms with Crippen LogP contribution in [0.1, 0.15) is 46.5 Å². The predicted molar refractivity (Wildman–Crippen MR) is 70.8 cm³/mol. The van der Waals surface area contributed by atoms with Crippen molar-refractivity contribution in [3.63, 3.8) is 0 Å². The maximum Gasteiger partial charge on any atom is 0.191 e. The lowest BCUT2D eigenvalue weighted by molar-refractivity contribution is 0.634. The second-order valence-electron chi connectivity index (χ2n) is 5.13. The molecule has 0 radical (unpaired) electrons. The van der Waals surface area contributed by atoms with Crippen LogP contribution in [0.4, 0.5) is 0 Å². The fourth-order valence-electron chi connectivity index (χ4n) is 1.62. The average molecular weight is 225 g/mol. The van der Waals surface area contributed by atoms with Gasteiger partial charge in [-0.3, -0.25) is 4.99 Å². The number of hydrogen-bond donors (Lipinski definition) is 2. The first-order valence-corrected chi connectivity index (χ1v) is 6.74. The van der Waals surface area contributed by atoms with Gasteiger partial charge in [0.2, 0.25) is 0 Å². The molecule has 0 bridgehead atoms. The number of hydrogen-bond acceptors (Lipinski definition) is 1. The van der Waals surface area contributed by atoms with Gasteiger partial charge in [0, 0.05) is 19.6 Å². The van der Waals surface area contributed by atoms with Crippen LogP contribution in [0.2, 0.25) is 0 Å². The minimum Gasteiger partial charge on any atom is -0.357 e. The fraction of sp³-hybridized carbons (Fsp3) is 0.923. The SMILES string of the molecule is CCNC(=NCC(C)C)NCCCC1CC1. The van der Waals surface area contributed by atoms with Crippen molar-refractivity contribution in [2.24, 2.45) is 16.8 Å². The molecule has 1 saturated carbocycles. The molecule has 16 heavy (non-hydrogen) atoms. The van der Waals surface area contributed by atoms with Crippen molar-refractivity contribution in [3.8, 4) is 0 Å². The molecule has 94 valence electrons. The molecule has 0 aromatic heterocycles. The summed E-state index contributed by atoms with van der Waals surface area (Å²) in [5, 5.41) is 6.68. The van der Waals surface area contributed by atoms with Gasteiger partial charge in [0.1, 0.15) is 0 Å². The van der Waals surface area contributed by atoms with Crippen molar-refractivity contribution < 1.29 is 0 Å². The van der Waals surface area contributed by atoms with E-state index in [9.17, 15) is 0 Å². The Balaban J connectivity index is 2.12. The van der Waals surface area contributed by atoms with E-state index >= 15 is 0 Å². The third kappa shape index (κ3) is 6.70. The molecular formula is C13H27N3. The van der Waals surface area contributed by atoms with Crippen molar-refractivity contribution in [1.29, 1.82) is 0 Å². The van der Waals surface area contributed by atoms with E-state index in [4.69, 9.17) is 0 Å². The van der Waals surface area contributed by atoms with Crippen LogP contribution in [0, 0.1) is 11.8 Å². The fourth-order valence-corrected chi connectivity index (χ4v) is 1.62. The molecule has 0 aromatic rings. The van der Waals surface area contributed by atoms with E-state index in [1.54, 1.807) is 0 Å². The largest absolute Gasteiger partial charge is 0.357 e. The summed E-state index contributed by atoms with van der Waals surface area (Å²) in [5.41, 5.74) is 0. The molecule has 0 spiro atoms. The molecule has 0 saturated heterocycles. The first-order valence-electron chi connectivity index (χ1n) is 6.74. The van der Waals surface area contributed by atoms with E-state index in [1.807, 2.05) is 0 Å². The molecule has 0 unspecified atom stereocenters. The Morgan fingerprint density at radius 1 is 1.31 bits per heavy atom. The van der Waals surface area contributed by atoms with E-state index in [0.29, 0.717) is 5.92 Å². The number of nitrogens with zero attached hydrogens (tertiary/aromatic N) is 1. The van der Waals surface area contributed by atoms with Crippen molar-refractivity contribution >= 4 is 5.96 Å². The Labute approximate surface area is 100 Å². The van der Waals surface area contributed by atoms with Gasteiger partial charge in [-0.1, -0.05) is 26.7 Å². The van der Waals surface area contributed by atoms with Crippen molar-refractivity contribution in [3.05, 3.63) is 0 Å². The van der Waals surface area contributed by atoms with E-state index in [-0.39, 0.29) is 0 Å². The molecule has 1 fully saturated rings. The van der Waals surface area contributed by atoms with Gasteiger partial charge in [0.15, 0.2) is 5.96 Å². The van der Waals surface area contributed by atoms with Crippen LogP contribution >= 0.6 is 0 Å². The Morgan fingerprint density at radius 3 is 2.62 bits per heavy atom. The predicted octanol–water partition coefficient (Wildman–Crippen LogP) is 2.39. The van der Waals surface area contributed by atoms with E-state index in [0.717, 1.165) is 31.5 Å². The van der Waals surface area contributed by atoms with Gasteiger partial charge in [0.05, 0.1) is 0 Å². The zero-order valence-corrected chi connectivity index (χ0v) is 11.1. The van der Waals surface area contributed by atoms with Gasteiger partial charge in [-0.2, -0.15) is 0 Å². The molecule has 0 atom stereocenters. The molecular weight excluding hydrogens is 198 g/mol. The summed E-state index contributed by atoms with van der Waals surface area (Å²) >= 11 is 0. The Bertz CT molecular complexity index is 207. The number of aliphatic imine (C=N–C) groups is 1. The summed E-state index contributed by atoms with van der Waals surface area (Å²) < 4.78 is 0. The number of nitrogens with one attached hydrogen (secondary N) is 2. The maximum atomic E-state index is 4.54. The third-order valence-electron chi connectivity index (χ3n) is 2.74. The second-order valence-corrected chi connectivity index (χ2v) is 5.13. The minimum absolute atomic E-state index is 0.627. The molecule has 0 heterocycles. The zero-order chi connectivity index (χ0) is 11.8. The summed E-state index contributed by atoms with van der Waals surface area (Å²) in [6.07, 6.45) is 5.58. The monoisotopic (exact) mass is 225 g/mol. The Morgan fingerprint density at radius 2 is 2.06 bits per heavy atom. The summed E-state index contributed by atoms with van der Waals surface area (Å²) in [6, 6.07) is 0. The number of rotatable bonds is 7. The quantitative estimate of drug-likeness (QED) is 0.396. The van der Waals surface area contributed by atoms with E-state index in [2.05, 4.69) is 36.4 Å². The molecule has 3 nitrogen and oxygen atoms in total. The first kappa shape index (κ1) is 13.3. The number of guanidine groups is 1.